The molecule has 4 aromatic rings. The molecular formula is C29H28F3N3O5. The molecule has 8 nitrogen and oxygen atoms in total. The Labute approximate surface area is 227 Å². The number of hydrogen-bond donors (Lipinski definition) is 0. The van der Waals surface area contributed by atoms with Crippen molar-refractivity contribution in [3.05, 3.63) is 87.8 Å². The van der Waals surface area contributed by atoms with Crippen LogP contribution in [0.3, 0.4) is 0 Å². The predicted octanol–water partition coefficient (Wildman–Crippen LogP) is 6.26. The number of aromatic nitrogens is 2. The van der Waals surface area contributed by atoms with Crippen molar-refractivity contribution < 1.29 is 31.9 Å². The molecule has 40 heavy (non-hydrogen) atoms. The van der Waals surface area contributed by atoms with E-state index in [1.54, 1.807) is 23.1 Å². The number of aryl methyl sites for hydroxylation is 1. The number of alkyl halides is 3. The molecule has 0 saturated carbocycles. The van der Waals surface area contributed by atoms with Crippen LogP contribution in [0.1, 0.15) is 49.9 Å². The summed E-state index contributed by atoms with van der Waals surface area (Å²) in [6.45, 7) is 6.19. The SMILES string of the molecule is CC(C)(C)OC(=O)N1CCCc2oc3cc(-n4ccc(OCc5cccc(C(F)(F)F)n5)cc4=O)ccc3c2C1. The summed E-state index contributed by atoms with van der Waals surface area (Å²) >= 11 is 0. The van der Waals surface area contributed by atoms with Gasteiger partial charge in [-0.2, -0.15) is 13.2 Å². The smallest absolute Gasteiger partial charge is 0.433 e. The van der Waals surface area contributed by atoms with Crippen LogP contribution in [-0.4, -0.2) is 32.7 Å². The Morgan fingerprint density at radius 1 is 1.10 bits per heavy atom. The first-order valence-corrected chi connectivity index (χ1v) is 12.8. The van der Waals surface area contributed by atoms with Crippen LogP contribution in [0.15, 0.2) is 63.9 Å². The molecule has 0 spiro atoms. The van der Waals surface area contributed by atoms with Gasteiger partial charge in [0.15, 0.2) is 0 Å². The van der Waals surface area contributed by atoms with Crippen molar-refractivity contribution >= 4 is 17.1 Å². The zero-order chi connectivity index (χ0) is 28.7. The number of hydrogen-bond acceptors (Lipinski definition) is 6. The van der Waals surface area contributed by atoms with Crippen LogP contribution in [0.25, 0.3) is 16.7 Å². The van der Waals surface area contributed by atoms with Crippen molar-refractivity contribution in [2.75, 3.05) is 6.54 Å². The summed E-state index contributed by atoms with van der Waals surface area (Å²) in [5.41, 5.74) is 0.178. The second kappa shape index (κ2) is 10.4. The molecule has 0 aliphatic carbocycles. The first kappa shape index (κ1) is 27.3. The second-order valence-electron chi connectivity index (χ2n) is 10.6. The highest BCUT2D eigenvalue weighted by Crippen LogP contribution is 2.32. The molecule has 4 heterocycles. The Kier molecular flexibility index (Phi) is 7.07. The lowest BCUT2D eigenvalue weighted by Gasteiger charge is -2.26. The highest BCUT2D eigenvalue weighted by Gasteiger charge is 2.32. The lowest BCUT2D eigenvalue weighted by atomic mass is 10.1. The van der Waals surface area contributed by atoms with E-state index in [2.05, 4.69) is 4.98 Å². The normalized spacial score (nSPS) is 14.1. The van der Waals surface area contributed by atoms with Gasteiger partial charge in [-0.3, -0.25) is 9.36 Å². The van der Waals surface area contributed by atoms with Crippen molar-refractivity contribution in [3.8, 4) is 11.4 Å². The Balaban J connectivity index is 1.34. The number of furan rings is 1. The van der Waals surface area contributed by atoms with Gasteiger partial charge < -0.3 is 18.8 Å². The molecule has 11 heteroatoms. The maximum atomic E-state index is 12.9. The van der Waals surface area contributed by atoms with Crippen molar-refractivity contribution in [2.24, 2.45) is 0 Å². The topological polar surface area (TPSA) is 86.8 Å². The minimum atomic E-state index is -4.55. The number of carbonyl (C=O) groups excluding carboxylic acids is 1. The monoisotopic (exact) mass is 555 g/mol. The Morgan fingerprint density at radius 2 is 1.90 bits per heavy atom. The van der Waals surface area contributed by atoms with E-state index in [1.165, 1.54) is 29.0 Å². The van der Waals surface area contributed by atoms with Gasteiger partial charge in [0.25, 0.3) is 5.56 Å². The Morgan fingerprint density at radius 3 is 2.62 bits per heavy atom. The first-order chi connectivity index (χ1) is 18.9. The molecule has 210 valence electrons. The maximum absolute atomic E-state index is 12.9. The van der Waals surface area contributed by atoms with E-state index in [4.69, 9.17) is 13.9 Å². The number of carbonyl (C=O) groups is 1. The van der Waals surface area contributed by atoms with Gasteiger partial charge in [-0.1, -0.05) is 6.07 Å². The largest absolute Gasteiger partial charge is 0.487 e. The fourth-order valence-corrected chi connectivity index (χ4v) is 4.54. The van der Waals surface area contributed by atoms with Gasteiger partial charge in [0.05, 0.1) is 17.9 Å². The second-order valence-corrected chi connectivity index (χ2v) is 10.6. The van der Waals surface area contributed by atoms with E-state index in [0.717, 1.165) is 29.2 Å². The third-order valence-electron chi connectivity index (χ3n) is 6.35. The summed E-state index contributed by atoms with van der Waals surface area (Å²) in [6, 6.07) is 11.8. The Bertz CT molecular complexity index is 1620. The summed E-state index contributed by atoms with van der Waals surface area (Å²) < 4.78 is 57.3. The van der Waals surface area contributed by atoms with E-state index < -0.39 is 23.0 Å². The van der Waals surface area contributed by atoms with Crippen LogP contribution < -0.4 is 10.3 Å². The van der Waals surface area contributed by atoms with E-state index in [-0.39, 0.29) is 24.1 Å². The van der Waals surface area contributed by atoms with E-state index >= 15 is 0 Å². The molecule has 0 fully saturated rings. The molecule has 1 amide bonds. The maximum Gasteiger partial charge on any atom is 0.433 e. The molecule has 3 aromatic heterocycles. The van der Waals surface area contributed by atoms with Crippen LogP contribution in [0.4, 0.5) is 18.0 Å². The average molecular weight is 556 g/mol. The number of pyridine rings is 2. The van der Waals surface area contributed by atoms with Crippen molar-refractivity contribution in [1.82, 2.24) is 14.5 Å². The van der Waals surface area contributed by atoms with Crippen LogP contribution in [-0.2, 0) is 30.5 Å². The van der Waals surface area contributed by atoms with Gasteiger partial charge in [-0.05, 0) is 57.5 Å². The summed E-state index contributed by atoms with van der Waals surface area (Å²) in [5.74, 6) is 1.01. The first-order valence-electron chi connectivity index (χ1n) is 12.8. The molecule has 5 rings (SSSR count). The molecule has 0 radical (unpaired) electrons. The predicted molar refractivity (Wildman–Crippen MR) is 140 cm³/mol. The highest BCUT2D eigenvalue weighted by molar-refractivity contribution is 5.84. The molecule has 0 atom stereocenters. The number of halogens is 3. The van der Waals surface area contributed by atoms with Crippen molar-refractivity contribution in [2.45, 2.75) is 58.5 Å². The van der Waals surface area contributed by atoms with Gasteiger partial charge in [0.1, 0.15) is 35.0 Å². The lowest BCUT2D eigenvalue weighted by Crippen LogP contribution is -2.36. The summed E-state index contributed by atoms with van der Waals surface area (Å²) in [6.07, 6.45) is -2.00. The summed E-state index contributed by atoms with van der Waals surface area (Å²) in [7, 11) is 0. The van der Waals surface area contributed by atoms with Gasteiger partial charge >= 0.3 is 12.3 Å². The standard InChI is InChI=1S/C29H28F3N3O5/c1-28(2,3)40-27(37)34-12-5-7-23-22(16-34)21-10-9-19(14-24(21)39-23)35-13-11-20(15-26(35)36)38-17-18-6-4-8-25(33-18)29(30,31)32/h4,6,8-11,13-15H,5,7,12,16-17H2,1-3H3. The highest BCUT2D eigenvalue weighted by atomic mass is 19.4. The molecule has 0 N–H and O–H groups in total. The van der Waals surface area contributed by atoms with Gasteiger partial charge in [-0.25, -0.2) is 9.78 Å². The zero-order valence-corrected chi connectivity index (χ0v) is 22.2. The fraction of sp³-hybridized carbons (Fsp3) is 0.345. The van der Waals surface area contributed by atoms with Crippen molar-refractivity contribution in [3.63, 3.8) is 0 Å². The number of nitrogens with zero attached hydrogens (tertiary/aromatic N) is 3. The van der Waals surface area contributed by atoms with E-state index in [9.17, 15) is 22.8 Å². The quantitative estimate of drug-likeness (QED) is 0.296. The molecule has 0 bridgehead atoms. The zero-order valence-electron chi connectivity index (χ0n) is 22.2. The van der Waals surface area contributed by atoms with Crippen LogP contribution >= 0.6 is 0 Å². The molecule has 1 aliphatic rings. The minimum absolute atomic E-state index is 0.0901. The number of amides is 1. The van der Waals surface area contributed by atoms with E-state index in [0.29, 0.717) is 30.8 Å². The summed E-state index contributed by atoms with van der Waals surface area (Å²) in [5, 5.41) is 0.857. The number of rotatable bonds is 4. The third kappa shape index (κ3) is 5.98. The third-order valence-corrected chi connectivity index (χ3v) is 6.35. The fourth-order valence-electron chi connectivity index (χ4n) is 4.54. The van der Waals surface area contributed by atoms with E-state index in [1.807, 2.05) is 26.8 Å². The lowest BCUT2D eigenvalue weighted by molar-refractivity contribution is -0.141. The molecule has 0 saturated heterocycles. The van der Waals surface area contributed by atoms with Crippen LogP contribution in [0, 0.1) is 0 Å². The Hall–Kier alpha value is -4.28. The van der Waals surface area contributed by atoms with Gasteiger partial charge in [0, 0.05) is 42.2 Å². The average Bonchev–Trinajstić information content (AvgIpc) is 3.07. The van der Waals surface area contributed by atoms with Gasteiger partial charge in [-0.15, -0.1) is 0 Å². The minimum Gasteiger partial charge on any atom is -0.487 e. The summed E-state index contributed by atoms with van der Waals surface area (Å²) in [4.78, 5) is 30.8. The number of benzene rings is 1. The molecule has 1 aromatic carbocycles. The molecule has 1 aliphatic heterocycles. The number of fused-ring (bicyclic) bond motifs is 3. The molecular weight excluding hydrogens is 527 g/mol. The van der Waals surface area contributed by atoms with Crippen LogP contribution in [0.5, 0.6) is 5.75 Å². The molecule has 0 unspecified atom stereocenters. The van der Waals surface area contributed by atoms with Crippen LogP contribution in [0.2, 0.25) is 0 Å². The van der Waals surface area contributed by atoms with Gasteiger partial charge in [0.2, 0.25) is 0 Å². The number of ether oxygens (including phenoxy) is 2. The van der Waals surface area contributed by atoms with Crippen molar-refractivity contribution in [1.29, 1.82) is 0 Å².